The first-order valence-electron chi connectivity index (χ1n) is 12.0. The minimum atomic E-state index is -0.243. The molecule has 1 aromatic heterocycles. The second-order valence-corrected chi connectivity index (χ2v) is 9.23. The van der Waals surface area contributed by atoms with Crippen molar-refractivity contribution in [2.24, 2.45) is 0 Å². The molecule has 0 saturated carbocycles. The van der Waals surface area contributed by atoms with E-state index in [0.29, 0.717) is 32.1 Å². The molecule has 3 heterocycles. The minimum Gasteiger partial charge on any atom is -0.454 e. The SMILES string of the molecule is Cc1ccc(C)c(CN(Cc2ccc3c(c2)OCO3)Cc2nc(C(=O)NC[C@H]3CCCO3)co2)c1. The van der Waals surface area contributed by atoms with Crippen LogP contribution in [0.15, 0.2) is 47.1 Å². The molecule has 1 N–H and O–H groups in total. The van der Waals surface area contributed by atoms with Crippen LogP contribution in [0.2, 0.25) is 0 Å². The molecule has 8 nitrogen and oxygen atoms in total. The van der Waals surface area contributed by atoms with E-state index in [9.17, 15) is 4.79 Å². The number of fused-ring (bicyclic) bond motifs is 1. The first-order chi connectivity index (χ1) is 17.0. The molecule has 8 heteroatoms. The molecule has 0 spiro atoms. The third kappa shape index (κ3) is 5.83. The van der Waals surface area contributed by atoms with E-state index in [1.807, 2.05) is 18.2 Å². The van der Waals surface area contributed by atoms with E-state index >= 15 is 0 Å². The van der Waals surface area contributed by atoms with Crippen molar-refractivity contribution in [3.05, 3.63) is 76.5 Å². The molecule has 2 aliphatic heterocycles. The third-order valence-electron chi connectivity index (χ3n) is 6.40. The van der Waals surface area contributed by atoms with E-state index in [1.165, 1.54) is 23.0 Å². The Hall–Kier alpha value is -3.36. The first kappa shape index (κ1) is 23.4. The average molecular weight is 478 g/mol. The number of carbonyl (C=O) groups excluding carboxylic acids is 1. The van der Waals surface area contributed by atoms with Crippen molar-refractivity contribution in [2.75, 3.05) is 19.9 Å². The maximum atomic E-state index is 12.5. The van der Waals surface area contributed by atoms with Crippen molar-refractivity contribution in [1.29, 1.82) is 0 Å². The van der Waals surface area contributed by atoms with E-state index in [-0.39, 0.29) is 24.5 Å². The van der Waals surface area contributed by atoms with E-state index in [1.54, 1.807) is 0 Å². The normalized spacial score (nSPS) is 16.7. The van der Waals surface area contributed by atoms with Gasteiger partial charge in [0.1, 0.15) is 6.26 Å². The molecular formula is C27H31N3O5. The Balaban J connectivity index is 1.30. The van der Waals surface area contributed by atoms with Crippen molar-refractivity contribution < 1.29 is 23.4 Å². The van der Waals surface area contributed by atoms with Gasteiger partial charge in [-0.3, -0.25) is 9.69 Å². The van der Waals surface area contributed by atoms with Crippen LogP contribution in [0.4, 0.5) is 0 Å². The minimum absolute atomic E-state index is 0.0834. The molecule has 35 heavy (non-hydrogen) atoms. The van der Waals surface area contributed by atoms with Crippen LogP contribution in [-0.2, 0) is 24.4 Å². The zero-order valence-electron chi connectivity index (χ0n) is 20.2. The summed E-state index contributed by atoms with van der Waals surface area (Å²) in [6.07, 6.45) is 3.52. The van der Waals surface area contributed by atoms with Crippen molar-refractivity contribution in [3.63, 3.8) is 0 Å². The number of nitrogens with one attached hydrogen (secondary N) is 1. The summed E-state index contributed by atoms with van der Waals surface area (Å²) in [4.78, 5) is 19.3. The topological polar surface area (TPSA) is 86.1 Å². The number of oxazole rings is 1. The molecular weight excluding hydrogens is 446 g/mol. The van der Waals surface area contributed by atoms with Crippen LogP contribution in [0, 0.1) is 13.8 Å². The van der Waals surface area contributed by atoms with Gasteiger partial charge >= 0.3 is 0 Å². The van der Waals surface area contributed by atoms with Gasteiger partial charge in [-0.1, -0.05) is 29.8 Å². The Labute approximate surface area is 205 Å². The highest BCUT2D eigenvalue weighted by molar-refractivity contribution is 5.91. The molecule has 0 unspecified atom stereocenters. The highest BCUT2D eigenvalue weighted by Gasteiger charge is 2.20. The lowest BCUT2D eigenvalue weighted by Crippen LogP contribution is -2.32. The summed E-state index contributed by atoms with van der Waals surface area (Å²) in [5.74, 6) is 1.78. The fourth-order valence-electron chi connectivity index (χ4n) is 4.46. The van der Waals surface area contributed by atoms with Crippen molar-refractivity contribution in [1.82, 2.24) is 15.2 Å². The Morgan fingerprint density at radius 1 is 1.09 bits per heavy atom. The predicted octanol–water partition coefficient (Wildman–Crippen LogP) is 4.13. The van der Waals surface area contributed by atoms with Gasteiger partial charge in [-0.2, -0.15) is 0 Å². The van der Waals surface area contributed by atoms with E-state index in [0.717, 1.165) is 36.5 Å². The molecule has 5 rings (SSSR count). The molecule has 1 amide bonds. The highest BCUT2D eigenvalue weighted by atomic mass is 16.7. The summed E-state index contributed by atoms with van der Waals surface area (Å²) in [5, 5.41) is 2.90. The lowest BCUT2D eigenvalue weighted by Gasteiger charge is -2.22. The van der Waals surface area contributed by atoms with Crippen LogP contribution in [0.25, 0.3) is 0 Å². The van der Waals surface area contributed by atoms with Gasteiger partial charge in [-0.25, -0.2) is 4.98 Å². The van der Waals surface area contributed by atoms with Crippen LogP contribution in [0.3, 0.4) is 0 Å². The Bertz CT molecular complexity index is 1190. The third-order valence-corrected chi connectivity index (χ3v) is 6.40. The largest absolute Gasteiger partial charge is 0.454 e. The molecule has 1 atom stereocenters. The van der Waals surface area contributed by atoms with Crippen LogP contribution < -0.4 is 14.8 Å². The molecule has 184 valence electrons. The van der Waals surface area contributed by atoms with E-state index < -0.39 is 0 Å². The van der Waals surface area contributed by atoms with Crippen molar-refractivity contribution >= 4 is 5.91 Å². The molecule has 1 fully saturated rings. The monoisotopic (exact) mass is 477 g/mol. The second-order valence-electron chi connectivity index (χ2n) is 9.23. The van der Waals surface area contributed by atoms with Gasteiger partial charge in [0.2, 0.25) is 12.7 Å². The van der Waals surface area contributed by atoms with Gasteiger partial charge in [0.15, 0.2) is 17.2 Å². The number of aryl methyl sites for hydroxylation is 2. The maximum Gasteiger partial charge on any atom is 0.273 e. The molecule has 0 radical (unpaired) electrons. The fourth-order valence-corrected chi connectivity index (χ4v) is 4.46. The predicted molar refractivity (Wildman–Crippen MR) is 129 cm³/mol. The van der Waals surface area contributed by atoms with E-state index in [2.05, 4.69) is 47.2 Å². The quantitative estimate of drug-likeness (QED) is 0.496. The number of hydrogen-bond donors (Lipinski definition) is 1. The lowest BCUT2D eigenvalue weighted by molar-refractivity contribution is 0.0853. The van der Waals surface area contributed by atoms with Gasteiger partial charge in [0, 0.05) is 26.2 Å². The number of amides is 1. The standard InChI is InChI=1S/C27H31N3O5/c1-18-5-6-19(2)21(10-18)14-30(13-20-7-8-24-25(11-20)35-17-34-24)15-26-29-23(16-33-26)27(31)28-12-22-4-3-9-32-22/h5-8,10-11,16,22H,3-4,9,12-15,17H2,1-2H3,(H,28,31)/t22-/m1/s1. The van der Waals surface area contributed by atoms with Crippen LogP contribution >= 0.6 is 0 Å². The van der Waals surface area contributed by atoms with Crippen LogP contribution in [0.5, 0.6) is 11.5 Å². The zero-order valence-corrected chi connectivity index (χ0v) is 20.2. The van der Waals surface area contributed by atoms with Gasteiger partial charge in [-0.15, -0.1) is 0 Å². The number of benzene rings is 2. The number of carbonyl (C=O) groups is 1. The number of aromatic nitrogens is 1. The lowest BCUT2D eigenvalue weighted by atomic mass is 10.0. The smallest absolute Gasteiger partial charge is 0.273 e. The zero-order chi connectivity index (χ0) is 24.2. The second kappa shape index (κ2) is 10.5. The molecule has 2 aromatic carbocycles. The molecule has 3 aromatic rings. The summed E-state index contributed by atoms with van der Waals surface area (Å²) in [6, 6.07) is 12.5. The average Bonchev–Trinajstić information content (AvgIpc) is 3.62. The van der Waals surface area contributed by atoms with E-state index in [4.69, 9.17) is 18.6 Å². The van der Waals surface area contributed by atoms with Crippen LogP contribution in [-0.4, -0.2) is 41.8 Å². The summed E-state index contributed by atoms with van der Waals surface area (Å²) >= 11 is 0. The summed E-state index contributed by atoms with van der Waals surface area (Å²) in [6.45, 7) is 7.55. The Morgan fingerprint density at radius 3 is 2.83 bits per heavy atom. The first-order valence-corrected chi connectivity index (χ1v) is 12.0. The fraction of sp³-hybridized carbons (Fsp3) is 0.407. The summed E-state index contributed by atoms with van der Waals surface area (Å²) in [5.41, 5.74) is 5.07. The van der Waals surface area contributed by atoms with Crippen LogP contribution in [0.1, 0.15) is 51.5 Å². The van der Waals surface area contributed by atoms with Crippen molar-refractivity contribution in [3.8, 4) is 11.5 Å². The molecule has 0 bridgehead atoms. The summed E-state index contributed by atoms with van der Waals surface area (Å²) in [7, 11) is 0. The Morgan fingerprint density at radius 2 is 1.97 bits per heavy atom. The Kier molecular flexibility index (Phi) is 7.01. The van der Waals surface area contributed by atoms with Crippen molar-refractivity contribution in [2.45, 2.75) is 52.4 Å². The van der Waals surface area contributed by atoms with Gasteiger partial charge in [0.25, 0.3) is 5.91 Å². The van der Waals surface area contributed by atoms with Gasteiger partial charge in [0.05, 0.1) is 12.6 Å². The summed E-state index contributed by atoms with van der Waals surface area (Å²) < 4.78 is 22.3. The molecule has 0 aliphatic carbocycles. The van der Waals surface area contributed by atoms with Gasteiger partial charge in [-0.05, 0) is 55.5 Å². The number of ether oxygens (including phenoxy) is 3. The number of rotatable bonds is 9. The molecule has 1 saturated heterocycles. The molecule has 2 aliphatic rings. The number of nitrogens with zero attached hydrogens (tertiary/aromatic N) is 2. The van der Waals surface area contributed by atoms with Gasteiger partial charge < -0.3 is 23.9 Å². The highest BCUT2D eigenvalue weighted by Crippen LogP contribution is 2.33. The number of hydrogen-bond acceptors (Lipinski definition) is 7. The maximum absolute atomic E-state index is 12.5.